The first-order valence-electron chi connectivity index (χ1n) is 10.1. The summed E-state index contributed by atoms with van der Waals surface area (Å²) in [5, 5.41) is 2.75. The maximum Gasteiger partial charge on any atom is 0.310 e. The zero-order valence-corrected chi connectivity index (χ0v) is 16.8. The van der Waals surface area contributed by atoms with E-state index in [-0.39, 0.29) is 24.8 Å². The Bertz CT molecular complexity index is 649. The van der Waals surface area contributed by atoms with Gasteiger partial charge in [0, 0.05) is 32.8 Å². The van der Waals surface area contributed by atoms with Crippen molar-refractivity contribution in [2.75, 3.05) is 52.5 Å². The van der Waals surface area contributed by atoms with E-state index >= 15 is 0 Å². The Balaban J connectivity index is 1.58. The number of hydrogen-bond acceptors (Lipinski definition) is 8. The number of amides is 2. The van der Waals surface area contributed by atoms with Crippen molar-refractivity contribution in [1.29, 1.82) is 0 Å². The highest BCUT2D eigenvalue weighted by Crippen LogP contribution is 2.17. The monoisotopic (exact) mass is 410 g/mol. The Labute approximate surface area is 170 Å². The van der Waals surface area contributed by atoms with Gasteiger partial charge in [-0.05, 0) is 18.9 Å². The molecule has 0 aromatic carbocycles. The Morgan fingerprint density at radius 3 is 2.83 bits per heavy atom. The fourth-order valence-electron chi connectivity index (χ4n) is 3.71. The number of cyclic esters (lactones) is 1. The third-order valence-corrected chi connectivity index (χ3v) is 5.19. The normalized spacial score (nSPS) is 28.7. The maximum atomic E-state index is 12.6. The summed E-state index contributed by atoms with van der Waals surface area (Å²) in [7, 11) is 0. The lowest BCUT2D eigenvalue weighted by molar-refractivity contribution is -0.164. The summed E-state index contributed by atoms with van der Waals surface area (Å²) in [4.78, 5) is 40.5. The quantitative estimate of drug-likeness (QED) is 0.388. The first kappa shape index (κ1) is 21.7. The van der Waals surface area contributed by atoms with Crippen LogP contribution in [0.25, 0.3) is 0 Å². The molecule has 0 aromatic heterocycles. The molecule has 3 rings (SSSR count). The van der Waals surface area contributed by atoms with E-state index in [0.717, 1.165) is 25.2 Å². The fourth-order valence-corrected chi connectivity index (χ4v) is 3.71. The van der Waals surface area contributed by atoms with Crippen LogP contribution >= 0.6 is 0 Å². The second-order valence-electron chi connectivity index (χ2n) is 7.48. The smallest absolute Gasteiger partial charge is 0.310 e. The van der Waals surface area contributed by atoms with Crippen LogP contribution in [-0.4, -0.2) is 98.5 Å². The highest BCUT2D eigenvalue weighted by atomic mass is 16.7. The van der Waals surface area contributed by atoms with Gasteiger partial charge in [-0.1, -0.05) is 6.08 Å². The number of carbonyl (C=O) groups is 3. The van der Waals surface area contributed by atoms with Crippen molar-refractivity contribution < 1.29 is 28.6 Å². The summed E-state index contributed by atoms with van der Waals surface area (Å²) >= 11 is 0. The number of nitrogens with one attached hydrogen (secondary N) is 1. The molecule has 3 heterocycles. The van der Waals surface area contributed by atoms with Crippen LogP contribution in [0, 0.1) is 0 Å². The number of hydrogen-bond donors (Lipinski definition) is 2. The van der Waals surface area contributed by atoms with Gasteiger partial charge in [0.2, 0.25) is 18.1 Å². The van der Waals surface area contributed by atoms with Crippen LogP contribution in [0.3, 0.4) is 0 Å². The van der Waals surface area contributed by atoms with E-state index in [1.54, 1.807) is 6.92 Å². The lowest BCUT2D eigenvalue weighted by atomic mass is 10.1. The molecule has 0 bridgehead atoms. The third-order valence-electron chi connectivity index (χ3n) is 5.19. The maximum absolute atomic E-state index is 12.6. The summed E-state index contributed by atoms with van der Waals surface area (Å²) in [6.45, 7) is 6.16. The van der Waals surface area contributed by atoms with Crippen molar-refractivity contribution in [3.05, 3.63) is 11.6 Å². The third kappa shape index (κ3) is 5.99. The van der Waals surface area contributed by atoms with Gasteiger partial charge in [0.1, 0.15) is 6.04 Å². The lowest BCUT2D eigenvalue weighted by Gasteiger charge is -2.29. The molecular formula is C19H30N4O6. The van der Waals surface area contributed by atoms with Crippen molar-refractivity contribution >= 4 is 17.8 Å². The molecule has 2 amide bonds. The SMILES string of the molecule is CCOC1OC(=O)CC1NC(=O)CN1CC(CN2CCOCC2)=CCC(N)C1=O. The molecule has 0 spiro atoms. The molecule has 0 saturated carbocycles. The Hall–Kier alpha value is -2.01. The predicted octanol–water partition coefficient (Wildman–Crippen LogP) is -1.40. The number of morpholine rings is 1. The minimum Gasteiger partial charge on any atom is -0.433 e. The minimum absolute atomic E-state index is 0.0477. The van der Waals surface area contributed by atoms with Crippen LogP contribution in [0.1, 0.15) is 19.8 Å². The molecule has 3 aliphatic heterocycles. The largest absolute Gasteiger partial charge is 0.433 e. The minimum atomic E-state index is -0.796. The van der Waals surface area contributed by atoms with Crippen molar-refractivity contribution in [1.82, 2.24) is 15.1 Å². The van der Waals surface area contributed by atoms with Crippen LogP contribution in [0.2, 0.25) is 0 Å². The topological polar surface area (TPSA) is 123 Å². The van der Waals surface area contributed by atoms with Gasteiger partial charge in [-0.15, -0.1) is 0 Å². The zero-order chi connectivity index (χ0) is 20.8. The van der Waals surface area contributed by atoms with Gasteiger partial charge < -0.3 is 30.2 Å². The molecule has 10 heteroatoms. The highest BCUT2D eigenvalue weighted by molar-refractivity contribution is 5.88. The Morgan fingerprint density at radius 2 is 2.10 bits per heavy atom. The molecule has 0 aromatic rings. The molecule has 3 aliphatic rings. The van der Waals surface area contributed by atoms with Gasteiger partial charge in [0.25, 0.3) is 0 Å². The summed E-state index contributed by atoms with van der Waals surface area (Å²) in [6, 6.07) is -1.23. The first-order chi connectivity index (χ1) is 14.0. The van der Waals surface area contributed by atoms with Crippen LogP contribution < -0.4 is 11.1 Å². The van der Waals surface area contributed by atoms with Gasteiger partial charge in [0.15, 0.2) is 0 Å². The van der Waals surface area contributed by atoms with Crippen LogP contribution in [0.5, 0.6) is 0 Å². The highest BCUT2D eigenvalue weighted by Gasteiger charge is 2.37. The predicted molar refractivity (Wildman–Crippen MR) is 103 cm³/mol. The molecule has 2 saturated heterocycles. The van der Waals surface area contributed by atoms with E-state index in [9.17, 15) is 14.4 Å². The summed E-state index contributed by atoms with van der Waals surface area (Å²) in [6.07, 6.45) is 1.71. The van der Waals surface area contributed by atoms with Crippen LogP contribution in [0.4, 0.5) is 0 Å². The standard InChI is InChI=1S/C19H30N4O6/c1-2-28-19-15(9-17(25)29-19)21-16(24)12-23-11-13(3-4-14(20)18(23)26)10-22-5-7-27-8-6-22/h3,14-15,19H,2,4-12,20H2,1H3,(H,21,24). The molecule has 3 atom stereocenters. The summed E-state index contributed by atoms with van der Waals surface area (Å²) < 4.78 is 15.8. The molecule has 3 N–H and O–H groups in total. The van der Waals surface area contributed by atoms with E-state index in [0.29, 0.717) is 32.8 Å². The van der Waals surface area contributed by atoms with Gasteiger partial charge >= 0.3 is 5.97 Å². The molecule has 29 heavy (non-hydrogen) atoms. The zero-order valence-electron chi connectivity index (χ0n) is 16.8. The average molecular weight is 410 g/mol. The second kappa shape index (κ2) is 10.1. The molecule has 3 unspecified atom stereocenters. The lowest BCUT2D eigenvalue weighted by Crippen LogP contribution is -2.50. The summed E-state index contributed by atoms with van der Waals surface area (Å²) in [5.74, 6) is -1.04. The molecule has 10 nitrogen and oxygen atoms in total. The van der Waals surface area contributed by atoms with E-state index < -0.39 is 24.3 Å². The van der Waals surface area contributed by atoms with E-state index in [1.807, 2.05) is 6.08 Å². The molecule has 0 aliphatic carbocycles. The number of carbonyl (C=O) groups excluding carboxylic acids is 3. The number of rotatable bonds is 7. The van der Waals surface area contributed by atoms with Crippen molar-refractivity contribution in [3.63, 3.8) is 0 Å². The van der Waals surface area contributed by atoms with E-state index in [1.165, 1.54) is 4.90 Å². The first-order valence-corrected chi connectivity index (χ1v) is 10.1. The number of ether oxygens (including phenoxy) is 3. The number of esters is 1. The Kier molecular flexibility index (Phi) is 7.59. The van der Waals surface area contributed by atoms with E-state index in [4.69, 9.17) is 19.9 Å². The van der Waals surface area contributed by atoms with Gasteiger partial charge in [-0.2, -0.15) is 0 Å². The molecule has 162 valence electrons. The number of nitrogens with two attached hydrogens (primary N) is 1. The van der Waals surface area contributed by atoms with Crippen LogP contribution in [0.15, 0.2) is 11.6 Å². The van der Waals surface area contributed by atoms with Crippen molar-refractivity contribution in [2.24, 2.45) is 5.73 Å². The van der Waals surface area contributed by atoms with Crippen molar-refractivity contribution in [2.45, 2.75) is 38.1 Å². The van der Waals surface area contributed by atoms with Crippen molar-refractivity contribution in [3.8, 4) is 0 Å². The van der Waals surface area contributed by atoms with Gasteiger partial charge in [-0.3, -0.25) is 19.3 Å². The molecular weight excluding hydrogens is 380 g/mol. The van der Waals surface area contributed by atoms with Gasteiger partial charge in [-0.25, -0.2) is 0 Å². The average Bonchev–Trinajstić information content (AvgIpc) is 2.98. The van der Waals surface area contributed by atoms with E-state index in [2.05, 4.69) is 10.2 Å². The number of nitrogens with zero attached hydrogens (tertiary/aromatic N) is 2. The van der Waals surface area contributed by atoms with Gasteiger partial charge in [0.05, 0.1) is 32.2 Å². The van der Waals surface area contributed by atoms with Crippen LogP contribution in [-0.2, 0) is 28.6 Å². The Morgan fingerprint density at radius 1 is 1.34 bits per heavy atom. The molecule has 0 radical (unpaired) electrons. The molecule has 2 fully saturated rings. The second-order valence-corrected chi connectivity index (χ2v) is 7.48. The summed E-state index contributed by atoms with van der Waals surface area (Å²) in [5.41, 5.74) is 7.06. The fraction of sp³-hybridized carbons (Fsp3) is 0.737.